The smallest absolute Gasteiger partial charge is 0.235 e. The molecule has 1 saturated heterocycles. The van der Waals surface area contributed by atoms with Gasteiger partial charge in [0, 0.05) is 18.0 Å². The number of aromatic nitrogens is 1. The van der Waals surface area contributed by atoms with Crippen molar-refractivity contribution in [3.05, 3.63) is 48.4 Å². The van der Waals surface area contributed by atoms with Gasteiger partial charge in [0.15, 0.2) is 0 Å². The maximum atomic E-state index is 12.8. The number of hydrogen-bond donors (Lipinski definition) is 1. The Balaban J connectivity index is 1.49. The van der Waals surface area contributed by atoms with Crippen LogP contribution in [0.3, 0.4) is 0 Å². The predicted molar refractivity (Wildman–Crippen MR) is 93.0 cm³/mol. The van der Waals surface area contributed by atoms with Crippen molar-refractivity contribution in [1.82, 2.24) is 4.98 Å². The minimum absolute atomic E-state index is 0.143. The third kappa shape index (κ3) is 4.69. The van der Waals surface area contributed by atoms with Crippen LogP contribution in [0.1, 0.15) is 0 Å². The highest BCUT2D eigenvalue weighted by Crippen LogP contribution is 2.19. The molecule has 0 spiro atoms. The van der Waals surface area contributed by atoms with Gasteiger partial charge in [-0.1, -0.05) is 0 Å². The zero-order chi connectivity index (χ0) is 16.8. The van der Waals surface area contributed by atoms with Gasteiger partial charge in [-0.15, -0.1) is 11.8 Å². The summed E-state index contributed by atoms with van der Waals surface area (Å²) in [4.78, 5) is 19.3. The van der Waals surface area contributed by atoms with E-state index in [2.05, 4.69) is 15.2 Å². The van der Waals surface area contributed by atoms with E-state index in [0.29, 0.717) is 5.82 Å². The monoisotopic (exact) mass is 347 g/mol. The first-order valence-corrected chi connectivity index (χ1v) is 8.66. The lowest BCUT2D eigenvalue weighted by Gasteiger charge is -2.28. The van der Waals surface area contributed by atoms with Crippen LogP contribution in [0.4, 0.5) is 15.9 Å². The van der Waals surface area contributed by atoms with Crippen molar-refractivity contribution in [2.75, 3.05) is 42.3 Å². The highest BCUT2D eigenvalue weighted by atomic mass is 32.2. The number of hydrogen-bond acceptors (Lipinski definition) is 5. The second-order valence-electron chi connectivity index (χ2n) is 5.29. The Kier molecular flexibility index (Phi) is 5.66. The minimum atomic E-state index is -0.284. The topological polar surface area (TPSA) is 54.5 Å². The summed E-state index contributed by atoms with van der Waals surface area (Å²) in [7, 11) is 0. The Morgan fingerprint density at radius 1 is 1.21 bits per heavy atom. The molecule has 2 heterocycles. The van der Waals surface area contributed by atoms with Crippen molar-refractivity contribution in [1.29, 1.82) is 0 Å². The number of halogens is 1. The van der Waals surface area contributed by atoms with E-state index < -0.39 is 0 Å². The molecule has 126 valence electrons. The maximum absolute atomic E-state index is 12.8. The zero-order valence-electron chi connectivity index (χ0n) is 13.1. The zero-order valence-corrected chi connectivity index (χ0v) is 13.9. The summed E-state index contributed by atoms with van der Waals surface area (Å²) in [6.07, 6.45) is 1.76. The van der Waals surface area contributed by atoms with Crippen molar-refractivity contribution >= 4 is 29.2 Å². The average molecular weight is 347 g/mol. The third-order valence-corrected chi connectivity index (χ3v) is 4.59. The molecule has 0 unspecified atom stereocenters. The van der Waals surface area contributed by atoms with E-state index in [9.17, 15) is 9.18 Å². The second-order valence-corrected chi connectivity index (χ2v) is 6.34. The van der Waals surface area contributed by atoms with Gasteiger partial charge < -0.3 is 15.0 Å². The standard InChI is InChI=1S/C17H18FN3O2S/c18-13-1-4-15(5-2-13)24-12-17(22)20-16-6-3-14(11-19-16)21-7-9-23-10-8-21/h1-6,11H,7-10,12H2,(H,19,20,22). The number of pyridine rings is 1. The molecular weight excluding hydrogens is 329 g/mol. The van der Waals surface area contributed by atoms with E-state index >= 15 is 0 Å². The molecule has 1 aliphatic rings. The number of nitrogens with one attached hydrogen (secondary N) is 1. The number of benzene rings is 1. The molecule has 0 aliphatic carbocycles. The molecule has 1 aliphatic heterocycles. The Hall–Kier alpha value is -2.12. The molecule has 7 heteroatoms. The number of thioether (sulfide) groups is 1. The van der Waals surface area contributed by atoms with Crippen LogP contribution >= 0.6 is 11.8 Å². The molecule has 24 heavy (non-hydrogen) atoms. The molecule has 1 amide bonds. The Bertz CT molecular complexity index is 673. The molecule has 0 bridgehead atoms. The Morgan fingerprint density at radius 3 is 2.62 bits per heavy atom. The van der Waals surface area contributed by atoms with Crippen LogP contribution in [-0.4, -0.2) is 42.9 Å². The van der Waals surface area contributed by atoms with E-state index in [4.69, 9.17) is 4.74 Å². The van der Waals surface area contributed by atoms with Gasteiger partial charge >= 0.3 is 0 Å². The maximum Gasteiger partial charge on any atom is 0.235 e. The predicted octanol–water partition coefficient (Wildman–Crippen LogP) is 2.79. The summed E-state index contributed by atoms with van der Waals surface area (Å²) in [5.74, 6) is 0.347. The molecule has 0 saturated carbocycles. The lowest BCUT2D eigenvalue weighted by molar-refractivity contribution is -0.113. The van der Waals surface area contributed by atoms with Crippen molar-refractivity contribution in [3.63, 3.8) is 0 Å². The Labute approximate surface area is 144 Å². The molecule has 2 aromatic rings. The van der Waals surface area contributed by atoms with Crippen LogP contribution in [0.5, 0.6) is 0 Å². The number of carbonyl (C=O) groups is 1. The van der Waals surface area contributed by atoms with Crippen LogP contribution < -0.4 is 10.2 Å². The van der Waals surface area contributed by atoms with E-state index in [0.717, 1.165) is 36.9 Å². The summed E-state index contributed by atoms with van der Waals surface area (Å²) >= 11 is 1.35. The SMILES string of the molecule is O=C(CSc1ccc(F)cc1)Nc1ccc(N2CCOCC2)cn1. The second kappa shape index (κ2) is 8.12. The fourth-order valence-electron chi connectivity index (χ4n) is 2.33. The first kappa shape index (κ1) is 16.7. The molecule has 5 nitrogen and oxygen atoms in total. The number of morpholine rings is 1. The van der Waals surface area contributed by atoms with Crippen LogP contribution in [0, 0.1) is 5.82 Å². The average Bonchev–Trinajstić information content (AvgIpc) is 2.63. The molecule has 0 atom stereocenters. The van der Waals surface area contributed by atoms with Crippen LogP contribution in [-0.2, 0) is 9.53 Å². The number of amides is 1. The molecule has 1 aromatic carbocycles. The lowest BCUT2D eigenvalue weighted by Crippen LogP contribution is -2.36. The molecule has 0 radical (unpaired) electrons. The highest BCUT2D eigenvalue weighted by molar-refractivity contribution is 8.00. The van der Waals surface area contributed by atoms with Crippen LogP contribution in [0.15, 0.2) is 47.5 Å². The number of carbonyl (C=O) groups excluding carboxylic acids is 1. The quantitative estimate of drug-likeness (QED) is 0.843. The van der Waals surface area contributed by atoms with E-state index in [1.165, 1.54) is 23.9 Å². The fourth-order valence-corrected chi connectivity index (χ4v) is 3.03. The summed E-state index contributed by atoms with van der Waals surface area (Å²) in [5.41, 5.74) is 1.02. The number of anilines is 2. The molecule has 1 N–H and O–H groups in total. The van der Waals surface area contributed by atoms with Gasteiger partial charge in [0.1, 0.15) is 11.6 Å². The normalized spacial score (nSPS) is 14.5. The van der Waals surface area contributed by atoms with Crippen molar-refractivity contribution < 1.29 is 13.9 Å². The largest absolute Gasteiger partial charge is 0.378 e. The molecule has 3 rings (SSSR count). The number of nitrogens with zero attached hydrogens (tertiary/aromatic N) is 2. The van der Waals surface area contributed by atoms with E-state index in [1.54, 1.807) is 24.4 Å². The highest BCUT2D eigenvalue weighted by Gasteiger charge is 2.12. The fraction of sp³-hybridized carbons (Fsp3) is 0.294. The molecule has 1 aromatic heterocycles. The van der Waals surface area contributed by atoms with Crippen molar-refractivity contribution in [3.8, 4) is 0 Å². The number of rotatable bonds is 5. The number of ether oxygens (including phenoxy) is 1. The summed E-state index contributed by atoms with van der Waals surface area (Å²) < 4.78 is 18.2. The summed E-state index contributed by atoms with van der Waals surface area (Å²) in [6, 6.07) is 9.82. The minimum Gasteiger partial charge on any atom is -0.378 e. The van der Waals surface area contributed by atoms with Crippen LogP contribution in [0.25, 0.3) is 0 Å². The first-order valence-electron chi connectivity index (χ1n) is 7.68. The lowest BCUT2D eigenvalue weighted by atomic mass is 10.3. The molecule has 1 fully saturated rings. The summed E-state index contributed by atoms with van der Waals surface area (Å²) in [6.45, 7) is 3.14. The van der Waals surface area contributed by atoms with E-state index in [1.807, 2.05) is 6.07 Å². The van der Waals surface area contributed by atoms with Crippen LogP contribution in [0.2, 0.25) is 0 Å². The third-order valence-electron chi connectivity index (χ3n) is 3.58. The van der Waals surface area contributed by atoms with Gasteiger partial charge in [0.25, 0.3) is 0 Å². The van der Waals surface area contributed by atoms with Gasteiger partial charge in [-0.05, 0) is 36.4 Å². The Morgan fingerprint density at radius 2 is 1.96 bits per heavy atom. The van der Waals surface area contributed by atoms with Gasteiger partial charge in [-0.2, -0.15) is 0 Å². The first-order chi connectivity index (χ1) is 11.7. The van der Waals surface area contributed by atoms with Gasteiger partial charge in [0.05, 0.1) is 30.9 Å². The van der Waals surface area contributed by atoms with Gasteiger partial charge in [-0.3, -0.25) is 4.79 Å². The van der Waals surface area contributed by atoms with Gasteiger partial charge in [0.2, 0.25) is 5.91 Å². The van der Waals surface area contributed by atoms with E-state index in [-0.39, 0.29) is 17.5 Å². The van der Waals surface area contributed by atoms with Crippen molar-refractivity contribution in [2.45, 2.75) is 4.90 Å². The van der Waals surface area contributed by atoms with Crippen molar-refractivity contribution in [2.24, 2.45) is 0 Å². The summed E-state index contributed by atoms with van der Waals surface area (Å²) in [5, 5.41) is 2.77. The molecular formula is C17H18FN3O2S. The van der Waals surface area contributed by atoms with Gasteiger partial charge in [-0.25, -0.2) is 9.37 Å².